The highest BCUT2D eigenvalue weighted by atomic mass is 15.1. The Balaban J connectivity index is 1.89. The third-order valence-corrected chi connectivity index (χ3v) is 3.00. The summed E-state index contributed by atoms with van der Waals surface area (Å²) in [6.07, 6.45) is 5.56. The minimum atomic E-state index is 0.706. The van der Waals surface area contributed by atoms with E-state index in [2.05, 4.69) is 27.4 Å². The number of nitrogens with one attached hydrogen (secondary N) is 1. The van der Waals surface area contributed by atoms with Crippen molar-refractivity contribution in [3.05, 3.63) is 54.7 Å². The molecule has 4 heteroatoms. The lowest BCUT2D eigenvalue weighted by atomic mass is 10.2. The molecule has 18 heavy (non-hydrogen) atoms. The van der Waals surface area contributed by atoms with Crippen LogP contribution in [0.4, 0.5) is 5.69 Å². The van der Waals surface area contributed by atoms with Crippen molar-refractivity contribution in [3.63, 3.8) is 0 Å². The van der Waals surface area contributed by atoms with E-state index in [1.807, 2.05) is 48.4 Å². The first-order chi connectivity index (χ1) is 8.84. The van der Waals surface area contributed by atoms with Gasteiger partial charge in [0.1, 0.15) is 5.82 Å². The minimum Gasteiger partial charge on any atom is -0.377 e. The molecule has 90 valence electrons. The van der Waals surface area contributed by atoms with Crippen molar-refractivity contribution >= 4 is 16.6 Å². The van der Waals surface area contributed by atoms with Crippen molar-refractivity contribution in [2.75, 3.05) is 5.32 Å². The molecule has 1 N–H and O–H groups in total. The molecule has 0 saturated carbocycles. The van der Waals surface area contributed by atoms with Gasteiger partial charge in [-0.3, -0.25) is 4.98 Å². The average Bonchev–Trinajstić information content (AvgIpc) is 2.82. The number of rotatable bonds is 3. The maximum Gasteiger partial charge on any atom is 0.127 e. The Hall–Kier alpha value is -2.36. The van der Waals surface area contributed by atoms with E-state index in [1.165, 1.54) is 0 Å². The quantitative estimate of drug-likeness (QED) is 0.762. The van der Waals surface area contributed by atoms with Gasteiger partial charge in [0.25, 0.3) is 0 Å². The van der Waals surface area contributed by atoms with Crippen molar-refractivity contribution in [1.82, 2.24) is 14.5 Å². The summed E-state index contributed by atoms with van der Waals surface area (Å²) in [4.78, 5) is 8.64. The second-order valence-electron chi connectivity index (χ2n) is 4.18. The van der Waals surface area contributed by atoms with Crippen molar-refractivity contribution < 1.29 is 0 Å². The molecule has 3 rings (SSSR count). The standard InChI is InChI=1S/C14H14N4/c1-18-9-8-16-14(18)10-17-13-6-2-5-12-11(13)4-3-7-15-12/h2-9,17H,10H2,1H3. The zero-order chi connectivity index (χ0) is 12.4. The number of benzene rings is 1. The zero-order valence-corrected chi connectivity index (χ0v) is 10.2. The number of pyridine rings is 1. The molecule has 0 saturated heterocycles. The summed E-state index contributed by atoms with van der Waals surface area (Å²) in [6, 6.07) is 10.1. The van der Waals surface area contributed by atoms with Crippen LogP contribution in [0.1, 0.15) is 5.82 Å². The van der Waals surface area contributed by atoms with Gasteiger partial charge in [0, 0.05) is 36.7 Å². The molecule has 0 aliphatic carbocycles. The molecule has 0 unspecified atom stereocenters. The van der Waals surface area contributed by atoms with Crippen molar-refractivity contribution in [1.29, 1.82) is 0 Å². The fourth-order valence-corrected chi connectivity index (χ4v) is 2.00. The van der Waals surface area contributed by atoms with E-state index in [0.29, 0.717) is 6.54 Å². The van der Waals surface area contributed by atoms with Gasteiger partial charge in [0.2, 0.25) is 0 Å². The SMILES string of the molecule is Cn1ccnc1CNc1cccc2ncccc12. The summed E-state index contributed by atoms with van der Waals surface area (Å²) in [6.45, 7) is 0.706. The Kier molecular flexibility index (Phi) is 2.68. The molecule has 2 heterocycles. The van der Waals surface area contributed by atoms with Gasteiger partial charge in [-0.1, -0.05) is 6.07 Å². The van der Waals surface area contributed by atoms with Gasteiger partial charge in [-0.25, -0.2) is 4.98 Å². The summed E-state index contributed by atoms with van der Waals surface area (Å²) in [5, 5.41) is 4.54. The van der Waals surface area contributed by atoms with Crippen LogP contribution in [-0.2, 0) is 13.6 Å². The summed E-state index contributed by atoms with van der Waals surface area (Å²) in [7, 11) is 1.99. The fraction of sp³-hybridized carbons (Fsp3) is 0.143. The summed E-state index contributed by atoms with van der Waals surface area (Å²) in [5.74, 6) is 1.01. The van der Waals surface area contributed by atoms with Crippen LogP contribution in [0.2, 0.25) is 0 Å². The normalized spacial score (nSPS) is 10.7. The molecule has 0 fully saturated rings. The maximum absolute atomic E-state index is 4.34. The number of anilines is 1. The Morgan fingerprint density at radius 1 is 1.11 bits per heavy atom. The van der Waals surface area contributed by atoms with E-state index in [9.17, 15) is 0 Å². The van der Waals surface area contributed by atoms with E-state index < -0.39 is 0 Å². The summed E-state index contributed by atoms with van der Waals surface area (Å²) < 4.78 is 2.01. The lowest BCUT2D eigenvalue weighted by molar-refractivity contribution is 0.813. The predicted octanol–water partition coefficient (Wildman–Crippen LogP) is 2.58. The van der Waals surface area contributed by atoms with Gasteiger partial charge < -0.3 is 9.88 Å². The van der Waals surface area contributed by atoms with E-state index in [-0.39, 0.29) is 0 Å². The molecule has 0 aliphatic heterocycles. The van der Waals surface area contributed by atoms with Crippen LogP contribution < -0.4 is 5.32 Å². The largest absolute Gasteiger partial charge is 0.377 e. The highest BCUT2D eigenvalue weighted by molar-refractivity contribution is 5.91. The molecule has 2 aromatic heterocycles. The molecule has 0 amide bonds. The van der Waals surface area contributed by atoms with Crippen LogP contribution in [0.3, 0.4) is 0 Å². The van der Waals surface area contributed by atoms with Crippen LogP contribution in [0.15, 0.2) is 48.9 Å². The van der Waals surface area contributed by atoms with Crippen LogP contribution in [0.25, 0.3) is 10.9 Å². The summed E-state index contributed by atoms with van der Waals surface area (Å²) >= 11 is 0. The van der Waals surface area contributed by atoms with Crippen LogP contribution in [0, 0.1) is 0 Å². The molecule has 0 radical (unpaired) electrons. The first kappa shape index (κ1) is 10.8. The first-order valence-corrected chi connectivity index (χ1v) is 5.88. The molecule has 0 atom stereocenters. The van der Waals surface area contributed by atoms with Gasteiger partial charge in [-0.2, -0.15) is 0 Å². The van der Waals surface area contributed by atoms with Crippen LogP contribution >= 0.6 is 0 Å². The van der Waals surface area contributed by atoms with Gasteiger partial charge in [0.15, 0.2) is 0 Å². The summed E-state index contributed by atoms with van der Waals surface area (Å²) in [5.41, 5.74) is 2.09. The van der Waals surface area contributed by atoms with E-state index in [4.69, 9.17) is 0 Å². The monoisotopic (exact) mass is 238 g/mol. The number of aryl methyl sites for hydroxylation is 1. The molecule has 0 spiro atoms. The van der Waals surface area contributed by atoms with Gasteiger partial charge in [-0.15, -0.1) is 0 Å². The Labute approximate surface area is 105 Å². The molecule has 0 bridgehead atoms. The van der Waals surface area contributed by atoms with Crippen LogP contribution in [0.5, 0.6) is 0 Å². The number of nitrogens with zero attached hydrogens (tertiary/aromatic N) is 3. The van der Waals surface area contributed by atoms with E-state index in [1.54, 1.807) is 0 Å². The number of aromatic nitrogens is 3. The highest BCUT2D eigenvalue weighted by Gasteiger charge is 2.02. The van der Waals surface area contributed by atoms with E-state index in [0.717, 1.165) is 22.4 Å². The molecular weight excluding hydrogens is 224 g/mol. The Bertz CT molecular complexity index is 667. The lowest BCUT2D eigenvalue weighted by Gasteiger charge is -2.09. The van der Waals surface area contributed by atoms with E-state index >= 15 is 0 Å². The number of hydrogen-bond donors (Lipinski definition) is 1. The first-order valence-electron chi connectivity index (χ1n) is 5.88. The second kappa shape index (κ2) is 4.49. The minimum absolute atomic E-state index is 0.706. The molecular formula is C14H14N4. The van der Waals surface area contributed by atoms with Crippen LogP contribution in [-0.4, -0.2) is 14.5 Å². The zero-order valence-electron chi connectivity index (χ0n) is 10.2. The topological polar surface area (TPSA) is 42.7 Å². The second-order valence-corrected chi connectivity index (χ2v) is 4.18. The number of imidazole rings is 1. The fourth-order valence-electron chi connectivity index (χ4n) is 2.00. The number of hydrogen-bond acceptors (Lipinski definition) is 3. The smallest absolute Gasteiger partial charge is 0.127 e. The van der Waals surface area contributed by atoms with Gasteiger partial charge >= 0.3 is 0 Å². The van der Waals surface area contributed by atoms with Crippen molar-refractivity contribution in [2.45, 2.75) is 6.54 Å². The van der Waals surface area contributed by atoms with Gasteiger partial charge in [0.05, 0.1) is 12.1 Å². The molecule has 1 aromatic carbocycles. The maximum atomic E-state index is 4.34. The third-order valence-electron chi connectivity index (χ3n) is 3.00. The highest BCUT2D eigenvalue weighted by Crippen LogP contribution is 2.21. The third kappa shape index (κ3) is 1.93. The average molecular weight is 238 g/mol. The predicted molar refractivity (Wildman–Crippen MR) is 72.3 cm³/mol. The molecule has 0 aliphatic rings. The van der Waals surface area contributed by atoms with Crippen molar-refractivity contribution in [3.8, 4) is 0 Å². The van der Waals surface area contributed by atoms with Crippen molar-refractivity contribution in [2.24, 2.45) is 7.05 Å². The molecule has 4 nitrogen and oxygen atoms in total. The Morgan fingerprint density at radius 2 is 2.06 bits per heavy atom. The molecule has 3 aromatic rings. The Morgan fingerprint density at radius 3 is 2.89 bits per heavy atom. The number of fused-ring (bicyclic) bond motifs is 1. The lowest BCUT2D eigenvalue weighted by Crippen LogP contribution is -2.05. The van der Waals surface area contributed by atoms with Gasteiger partial charge in [-0.05, 0) is 24.3 Å².